The summed E-state index contributed by atoms with van der Waals surface area (Å²) in [5.41, 5.74) is 0. The van der Waals surface area contributed by atoms with Crippen LogP contribution in [0.5, 0.6) is 0 Å². The van der Waals surface area contributed by atoms with Crippen LogP contribution in [0.3, 0.4) is 0 Å². The van der Waals surface area contributed by atoms with E-state index in [0.717, 1.165) is 0 Å². The highest BCUT2D eigenvalue weighted by Crippen LogP contribution is 2.08. The fraction of sp³-hybridized carbons (Fsp3) is 1.00. The van der Waals surface area contributed by atoms with Crippen LogP contribution in [0.15, 0.2) is 0 Å². The molecule has 12 heavy (non-hydrogen) atoms. The molecule has 0 atom stereocenters. The number of hydrogen-bond acceptors (Lipinski definition) is 0. The lowest BCUT2D eigenvalue weighted by molar-refractivity contribution is 0.848. The molecule has 0 aliphatic rings. The first-order chi connectivity index (χ1) is 5.85. The zero-order chi connectivity index (χ0) is 9.23. The standard InChI is InChI=1S/C9H21Si3/c1-4-6-8-12(11-10-3)9-7-5-2/h4-9H2,1-3H3. The molecule has 0 saturated carbocycles. The smallest absolute Gasteiger partial charge is 0.0306 e. The van der Waals surface area contributed by atoms with Crippen molar-refractivity contribution in [1.29, 1.82) is 0 Å². The van der Waals surface area contributed by atoms with Gasteiger partial charge in [-0.1, -0.05) is 58.2 Å². The maximum Gasteiger partial charge on any atom is 0.0306 e. The van der Waals surface area contributed by atoms with Crippen LogP contribution in [0.4, 0.5) is 0 Å². The molecule has 0 aromatic carbocycles. The predicted octanol–water partition coefficient (Wildman–Crippen LogP) is 2.95. The quantitative estimate of drug-likeness (QED) is 0.544. The van der Waals surface area contributed by atoms with Gasteiger partial charge in [0.15, 0.2) is 0 Å². The van der Waals surface area contributed by atoms with Crippen LogP contribution in [0.25, 0.3) is 0 Å². The average Bonchev–Trinajstić information content (AvgIpc) is 2.10. The highest BCUT2D eigenvalue weighted by molar-refractivity contribution is 7.35. The van der Waals surface area contributed by atoms with E-state index in [0.29, 0.717) is 0 Å². The molecule has 0 bridgehead atoms. The van der Waals surface area contributed by atoms with Gasteiger partial charge in [-0.3, -0.25) is 0 Å². The van der Waals surface area contributed by atoms with Gasteiger partial charge in [0.25, 0.3) is 0 Å². The lowest BCUT2D eigenvalue weighted by atomic mass is 10.4. The molecule has 0 rings (SSSR count). The Morgan fingerprint density at radius 3 is 1.83 bits per heavy atom. The predicted molar refractivity (Wildman–Crippen MR) is 62.6 cm³/mol. The molecule has 0 heterocycles. The molecule has 0 fully saturated rings. The summed E-state index contributed by atoms with van der Waals surface area (Å²) in [6.45, 7) is 7.01. The van der Waals surface area contributed by atoms with E-state index in [9.17, 15) is 0 Å². The van der Waals surface area contributed by atoms with Gasteiger partial charge in [0, 0.05) is 25.9 Å². The van der Waals surface area contributed by atoms with Gasteiger partial charge in [-0.2, -0.15) is 0 Å². The van der Waals surface area contributed by atoms with E-state index >= 15 is 0 Å². The second-order valence-electron chi connectivity index (χ2n) is 3.19. The van der Waals surface area contributed by atoms with Crippen molar-refractivity contribution in [3.05, 3.63) is 0 Å². The van der Waals surface area contributed by atoms with E-state index in [-0.39, 0.29) is 8.31 Å². The molecule has 0 amide bonds. The van der Waals surface area contributed by atoms with Crippen LogP contribution in [-0.4, -0.2) is 25.9 Å². The normalized spacial score (nSPS) is 11.0. The Balaban J connectivity index is 3.40. The molecule has 5 radical (unpaired) electrons. The van der Waals surface area contributed by atoms with Crippen LogP contribution in [0.1, 0.15) is 39.5 Å². The molecule has 69 valence electrons. The summed E-state index contributed by atoms with van der Waals surface area (Å²) in [5.74, 6) is 0. The Hall–Kier alpha value is 0.651. The molecule has 0 unspecified atom stereocenters. The minimum Gasteiger partial charge on any atom is -0.0761 e. The monoisotopic (exact) mass is 213 g/mol. The van der Waals surface area contributed by atoms with Crippen molar-refractivity contribution in [2.45, 2.75) is 58.2 Å². The van der Waals surface area contributed by atoms with Gasteiger partial charge in [0.2, 0.25) is 0 Å². The molecule has 0 aliphatic carbocycles. The fourth-order valence-electron chi connectivity index (χ4n) is 1.21. The molecule has 0 aromatic rings. The second kappa shape index (κ2) is 9.74. The van der Waals surface area contributed by atoms with E-state index in [1.54, 1.807) is 12.1 Å². The van der Waals surface area contributed by atoms with Crippen molar-refractivity contribution in [1.82, 2.24) is 0 Å². The van der Waals surface area contributed by atoms with Gasteiger partial charge in [-0.15, -0.1) is 0 Å². The maximum absolute atomic E-state index is 2.38. The number of rotatable bonds is 8. The summed E-state index contributed by atoms with van der Waals surface area (Å²) in [6.07, 6.45) is 5.79. The first kappa shape index (κ1) is 12.7. The van der Waals surface area contributed by atoms with Crippen LogP contribution in [0, 0.1) is 0 Å². The summed E-state index contributed by atoms with van der Waals surface area (Å²) in [7, 11) is 2.71. The Kier molecular flexibility index (Phi) is 10.3. The minimum atomic E-state index is 0.119. The van der Waals surface area contributed by atoms with Crippen molar-refractivity contribution in [3.63, 3.8) is 0 Å². The fourth-order valence-corrected chi connectivity index (χ4v) is 11.9. The Bertz CT molecular complexity index is 77.8. The molecule has 3 heteroatoms. The van der Waals surface area contributed by atoms with Crippen molar-refractivity contribution in [2.24, 2.45) is 0 Å². The average molecular weight is 214 g/mol. The van der Waals surface area contributed by atoms with Crippen LogP contribution < -0.4 is 0 Å². The Morgan fingerprint density at radius 1 is 1.00 bits per heavy atom. The van der Waals surface area contributed by atoms with Crippen molar-refractivity contribution < 1.29 is 0 Å². The molecular weight excluding hydrogens is 192 g/mol. The molecular formula is C9H21Si3. The van der Waals surface area contributed by atoms with E-state index in [1.165, 1.54) is 43.3 Å². The van der Waals surface area contributed by atoms with Crippen LogP contribution >= 0.6 is 0 Å². The third-order valence-electron chi connectivity index (χ3n) is 1.97. The zero-order valence-corrected chi connectivity index (χ0v) is 11.7. The third kappa shape index (κ3) is 7.31. The SMILES string of the molecule is CCCC[Si](CCCC)[Si][Si]C. The summed E-state index contributed by atoms with van der Waals surface area (Å²) >= 11 is 0. The van der Waals surface area contributed by atoms with Crippen LogP contribution in [-0.2, 0) is 0 Å². The first-order valence-corrected chi connectivity index (χ1v) is 11.5. The summed E-state index contributed by atoms with van der Waals surface area (Å²) in [5, 5.41) is 0. The Morgan fingerprint density at radius 2 is 1.50 bits per heavy atom. The topological polar surface area (TPSA) is 0 Å². The molecule has 0 spiro atoms. The highest BCUT2D eigenvalue weighted by Gasteiger charge is 2.08. The first-order valence-electron chi connectivity index (χ1n) is 5.12. The minimum absolute atomic E-state index is 0.119. The largest absolute Gasteiger partial charge is 0.0761 e. The van der Waals surface area contributed by atoms with E-state index in [4.69, 9.17) is 0 Å². The van der Waals surface area contributed by atoms with Gasteiger partial charge in [-0.05, 0) is 0 Å². The van der Waals surface area contributed by atoms with Gasteiger partial charge in [0.1, 0.15) is 0 Å². The van der Waals surface area contributed by atoms with E-state index in [1.807, 2.05) is 0 Å². The number of hydrogen-bond donors (Lipinski definition) is 0. The lowest BCUT2D eigenvalue weighted by Crippen LogP contribution is -2.25. The van der Waals surface area contributed by atoms with Gasteiger partial charge < -0.3 is 0 Å². The second-order valence-corrected chi connectivity index (χ2v) is 12.8. The summed E-state index contributed by atoms with van der Waals surface area (Å²) in [4.78, 5) is 0. The van der Waals surface area contributed by atoms with Crippen molar-refractivity contribution in [2.75, 3.05) is 0 Å². The number of unbranched alkanes of at least 4 members (excludes halogenated alkanes) is 2. The highest BCUT2D eigenvalue weighted by atomic mass is 29.5. The van der Waals surface area contributed by atoms with Gasteiger partial charge in [0.05, 0.1) is 0 Å². The van der Waals surface area contributed by atoms with E-state index < -0.39 is 0 Å². The Labute approximate surface area is 84.4 Å². The third-order valence-corrected chi connectivity index (χ3v) is 13.2. The van der Waals surface area contributed by atoms with Crippen molar-refractivity contribution in [3.8, 4) is 0 Å². The van der Waals surface area contributed by atoms with E-state index in [2.05, 4.69) is 20.4 Å². The molecule has 0 saturated heterocycles. The lowest BCUT2D eigenvalue weighted by Gasteiger charge is -2.11. The van der Waals surface area contributed by atoms with Gasteiger partial charge in [-0.25, -0.2) is 0 Å². The maximum atomic E-state index is 2.38. The molecule has 0 N–H and O–H groups in total. The zero-order valence-electron chi connectivity index (χ0n) is 8.74. The molecule has 0 aromatic heterocycles. The van der Waals surface area contributed by atoms with Crippen LogP contribution in [0.2, 0.25) is 18.6 Å². The van der Waals surface area contributed by atoms with Gasteiger partial charge >= 0.3 is 0 Å². The summed E-state index contributed by atoms with van der Waals surface area (Å²) < 4.78 is 0. The summed E-state index contributed by atoms with van der Waals surface area (Å²) in [6, 6.07) is 3.20. The van der Waals surface area contributed by atoms with Crippen molar-refractivity contribution >= 4 is 25.9 Å². The molecule has 0 aliphatic heterocycles. The molecule has 0 nitrogen and oxygen atoms in total.